The summed E-state index contributed by atoms with van der Waals surface area (Å²) in [5, 5.41) is 0. The zero-order valence-corrected chi connectivity index (χ0v) is 15.6. The molecule has 130 valence electrons. The van der Waals surface area contributed by atoms with Gasteiger partial charge in [-0.1, -0.05) is 28.1 Å². The Morgan fingerprint density at radius 3 is 2.20 bits per heavy atom. The highest BCUT2D eigenvalue weighted by molar-refractivity contribution is 9.10. The largest absolute Gasteiger partial charge is 0.493 e. The summed E-state index contributed by atoms with van der Waals surface area (Å²) < 4.78 is 16.2. The molecule has 0 aliphatic carbocycles. The van der Waals surface area contributed by atoms with Crippen molar-refractivity contribution in [1.29, 1.82) is 0 Å². The van der Waals surface area contributed by atoms with Crippen LogP contribution in [0.2, 0.25) is 0 Å². The minimum Gasteiger partial charge on any atom is -0.493 e. The van der Waals surface area contributed by atoms with Crippen molar-refractivity contribution in [3.05, 3.63) is 63.6 Å². The Bertz CT molecular complexity index is 809. The van der Waals surface area contributed by atoms with E-state index in [0.29, 0.717) is 16.9 Å². The lowest BCUT2D eigenvalue weighted by molar-refractivity contribution is 0.0596. The molecule has 2 rings (SSSR count). The monoisotopic (exact) mass is 404 g/mol. The predicted molar refractivity (Wildman–Crippen MR) is 98.4 cm³/mol. The van der Waals surface area contributed by atoms with Crippen molar-refractivity contribution < 1.29 is 23.8 Å². The van der Waals surface area contributed by atoms with E-state index < -0.39 is 5.97 Å². The first kappa shape index (κ1) is 18.7. The molecule has 2 aromatic rings. The molecule has 0 aromatic heterocycles. The number of hydrogen-bond donors (Lipinski definition) is 0. The van der Waals surface area contributed by atoms with Gasteiger partial charge in [-0.15, -0.1) is 0 Å². The van der Waals surface area contributed by atoms with E-state index in [9.17, 15) is 9.59 Å². The lowest BCUT2D eigenvalue weighted by Gasteiger charge is -2.13. The molecule has 5 nitrogen and oxygen atoms in total. The van der Waals surface area contributed by atoms with Crippen molar-refractivity contribution in [2.75, 3.05) is 21.3 Å². The number of allylic oxidation sites excluding steroid dienone is 1. The summed E-state index contributed by atoms with van der Waals surface area (Å²) in [6.45, 7) is 0. The number of halogens is 1. The van der Waals surface area contributed by atoms with Crippen LogP contribution >= 0.6 is 15.9 Å². The molecule has 0 aliphatic heterocycles. The first-order valence-electron chi connectivity index (χ1n) is 7.33. The van der Waals surface area contributed by atoms with Crippen LogP contribution < -0.4 is 9.47 Å². The molecule has 0 saturated heterocycles. The van der Waals surface area contributed by atoms with E-state index in [2.05, 4.69) is 15.9 Å². The molecular weight excluding hydrogens is 388 g/mol. The third kappa shape index (κ3) is 4.28. The average Bonchev–Trinajstić information content (AvgIpc) is 2.64. The summed E-state index contributed by atoms with van der Waals surface area (Å²) in [6.07, 6.45) is 2.95. The van der Waals surface area contributed by atoms with Gasteiger partial charge in [0.15, 0.2) is 17.3 Å². The second-order valence-electron chi connectivity index (χ2n) is 4.96. The number of rotatable bonds is 6. The summed E-state index contributed by atoms with van der Waals surface area (Å²) in [4.78, 5) is 24.4. The van der Waals surface area contributed by atoms with Gasteiger partial charge in [0.2, 0.25) is 0 Å². The fraction of sp³-hybridized carbons (Fsp3) is 0.158. The molecular formula is C19H17BrO5. The molecule has 0 atom stereocenters. The van der Waals surface area contributed by atoms with Crippen molar-refractivity contribution in [2.45, 2.75) is 0 Å². The van der Waals surface area contributed by atoms with E-state index in [1.54, 1.807) is 42.5 Å². The molecule has 0 spiro atoms. The van der Waals surface area contributed by atoms with Crippen LogP contribution in [0.5, 0.6) is 11.5 Å². The predicted octanol–water partition coefficient (Wildman–Crippen LogP) is 4.15. The highest BCUT2D eigenvalue weighted by Crippen LogP contribution is 2.34. The molecule has 6 heteroatoms. The second-order valence-corrected chi connectivity index (χ2v) is 5.88. The molecule has 0 saturated carbocycles. The maximum atomic E-state index is 12.3. The Labute approximate surface area is 154 Å². The number of carbonyl (C=O) groups excluding carboxylic acids is 2. The number of benzene rings is 2. The van der Waals surface area contributed by atoms with Crippen LogP contribution in [0.4, 0.5) is 0 Å². The van der Waals surface area contributed by atoms with Crippen LogP contribution in [-0.4, -0.2) is 33.1 Å². The Kier molecular flexibility index (Phi) is 6.36. The van der Waals surface area contributed by atoms with E-state index in [1.807, 2.05) is 0 Å². The number of ether oxygens (including phenoxy) is 3. The smallest absolute Gasteiger partial charge is 0.342 e. The summed E-state index contributed by atoms with van der Waals surface area (Å²) in [5.74, 6) is -0.100. The van der Waals surface area contributed by atoms with Crippen LogP contribution in [0, 0.1) is 0 Å². The fourth-order valence-corrected chi connectivity index (χ4v) is 2.53. The van der Waals surface area contributed by atoms with Gasteiger partial charge in [-0.2, -0.15) is 0 Å². The summed E-state index contributed by atoms with van der Waals surface area (Å²) in [6, 6.07) is 10.3. The highest BCUT2D eigenvalue weighted by atomic mass is 79.9. The number of ketones is 1. The van der Waals surface area contributed by atoms with Crippen LogP contribution in [0.15, 0.2) is 46.9 Å². The molecule has 0 N–H and O–H groups in total. The van der Waals surface area contributed by atoms with Crippen LogP contribution in [0.3, 0.4) is 0 Å². The summed E-state index contributed by atoms with van der Waals surface area (Å²) in [5.41, 5.74) is 1.23. The van der Waals surface area contributed by atoms with E-state index >= 15 is 0 Å². The number of carbonyl (C=O) groups is 2. The molecule has 25 heavy (non-hydrogen) atoms. The number of hydrogen-bond acceptors (Lipinski definition) is 5. The fourth-order valence-electron chi connectivity index (χ4n) is 2.27. The standard InChI is InChI=1S/C19H17BrO5/c1-23-16-11-7-13(17(18(16)24-2)19(22)25-3)6-10-15(21)12-4-8-14(20)9-5-12/h4-11H,1-3H3/b10-6+. The van der Waals surface area contributed by atoms with E-state index in [-0.39, 0.29) is 17.1 Å². The van der Waals surface area contributed by atoms with Gasteiger partial charge in [-0.25, -0.2) is 4.79 Å². The van der Waals surface area contributed by atoms with Gasteiger partial charge in [0, 0.05) is 10.0 Å². The lowest BCUT2D eigenvalue weighted by atomic mass is 10.0. The SMILES string of the molecule is COC(=O)c1c(/C=C/C(=O)c2ccc(Br)cc2)ccc(OC)c1OC. The normalized spacial score (nSPS) is 10.6. The van der Waals surface area contributed by atoms with Gasteiger partial charge in [0.05, 0.1) is 21.3 Å². The Morgan fingerprint density at radius 2 is 1.64 bits per heavy atom. The van der Waals surface area contributed by atoms with Crippen molar-refractivity contribution in [3.8, 4) is 11.5 Å². The molecule has 0 bridgehead atoms. The molecule has 0 fully saturated rings. The second kappa shape index (κ2) is 8.48. The number of esters is 1. The van der Waals surface area contributed by atoms with Gasteiger partial charge < -0.3 is 14.2 Å². The van der Waals surface area contributed by atoms with Gasteiger partial charge in [-0.05, 0) is 42.0 Å². The first-order chi connectivity index (χ1) is 12.0. The minimum atomic E-state index is -0.577. The van der Waals surface area contributed by atoms with Crippen LogP contribution in [0.25, 0.3) is 6.08 Å². The van der Waals surface area contributed by atoms with Crippen LogP contribution in [-0.2, 0) is 4.74 Å². The lowest BCUT2D eigenvalue weighted by Crippen LogP contribution is -2.08. The van der Waals surface area contributed by atoms with Crippen LogP contribution in [0.1, 0.15) is 26.3 Å². The Hall–Kier alpha value is -2.60. The van der Waals surface area contributed by atoms with Crippen molar-refractivity contribution >= 4 is 33.8 Å². The van der Waals surface area contributed by atoms with Crippen molar-refractivity contribution in [1.82, 2.24) is 0 Å². The van der Waals surface area contributed by atoms with Crippen molar-refractivity contribution in [2.24, 2.45) is 0 Å². The quantitative estimate of drug-likeness (QED) is 0.411. The van der Waals surface area contributed by atoms with Gasteiger partial charge >= 0.3 is 5.97 Å². The third-order valence-corrected chi connectivity index (χ3v) is 4.04. The molecule has 0 aliphatic rings. The zero-order valence-electron chi connectivity index (χ0n) is 14.0. The number of methoxy groups -OCH3 is 3. The maximum absolute atomic E-state index is 12.3. The van der Waals surface area contributed by atoms with Gasteiger partial charge in [-0.3, -0.25) is 4.79 Å². The van der Waals surface area contributed by atoms with Gasteiger partial charge in [0.1, 0.15) is 5.56 Å². The molecule has 0 unspecified atom stereocenters. The minimum absolute atomic E-state index is 0.182. The summed E-state index contributed by atoms with van der Waals surface area (Å²) >= 11 is 3.33. The van der Waals surface area contributed by atoms with E-state index in [1.165, 1.54) is 27.4 Å². The van der Waals surface area contributed by atoms with Crippen molar-refractivity contribution in [3.63, 3.8) is 0 Å². The molecule has 0 heterocycles. The third-order valence-electron chi connectivity index (χ3n) is 3.51. The van der Waals surface area contributed by atoms with E-state index in [4.69, 9.17) is 14.2 Å². The summed E-state index contributed by atoms with van der Waals surface area (Å²) in [7, 11) is 4.19. The topological polar surface area (TPSA) is 61.8 Å². The Balaban J connectivity index is 2.42. The van der Waals surface area contributed by atoms with E-state index in [0.717, 1.165) is 4.47 Å². The van der Waals surface area contributed by atoms with Gasteiger partial charge in [0.25, 0.3) is 0 Å². The molecule has 0 amide bonds. The zero-order chi connectivity index (χ0) is 18.4. The maximum Gasteiger partial charge on any atom is 0.342 e. The molecule has 2 aromatic carbocycles. The molecule has 0 radical (unpaired) electrons. The first-order valence-corrected chi connectivity index (χ1v) is 8.12. The highest BCUT2D eigenvalue weighted by Gasteiger charge is 2.21. The average molecular weight is 405 g/mol. The Morgan fingerprint density at radius 1 is 0.960 bits per heavy atom.